The second kappa shape index (κ2) is 5.62. The van der Waals surface area contributed by atoms with Gasteiger partial charge in [0.2, 0.25) is 0 Å². The Morgan fingerprint density at radius 1 is 1.23 bits per heavy atom. The van der Waals surface area contributed by atoms with E-state index in [0.29, 0.717) is 15.6 Å². The Balaban J connectivity index is 2.25. The van der Waals surface area contributed by atoms with Crippen LogP contribution in [0.4, 0.5) is 9.80 Å². The van der Waals surface area contributed by atoms with Gasteiger partial charge in [-0.15, -0.1) is 11.3 Å². The highest BCUT2D eigenvalue weighted by Gasteiger charge is 2.26. The van der Waals surface area contributed by atoms with Gasteiger partial charge in [-0.2, -0.15) is 0 Å². The summed E-state index contributed by atoms with van der Waals surface area (Å²) in [7, 11) is 0. The average molecular weight is 336 g/mol. The van der Waals surface area contributed by atoms with Crippen molar-refractivity contribution in [2.75, 3.05) is 5.32 Å². The first-order valence-corrected chi connectivity index (χ1v) is 7.97. The SMILES string of the molecule is NC(=O)Nc1sc2c(c1C(N)=O)CCCc1ccc(Cl)cc1-2. The van der Waals surface area contributed by atoms with Crippen LogP contribution in [0, 0.1) is 0 Å². The molecule has 2 aromatic rings. The molecule has 1 aromatic heterocycles. The number of carbonyl (C=O) groups excluding carboxylic acids is 2. The number of fused-ring (bicyclic) bond motifs is 3. The molecule has 3 rings (SSSR count). The molecule has 0 saturated carbocycles. The Labute approximate surface area is 136 Å². The Morgan fingerprint density at radius 2 is 2.00 bits per heavy atom. The molecule has 0 aliphatic heterocycles. The first kappa shape index (κ1) is 14.9. The lowest BCUT2D eigenvalue weighted by atomic mass is 10.0. The van der Waals surface area contributed by atoms with Crippen molar-refractivity contribution < 1.29 is 9.59 Å². The molecule has 22 heavy (non-hydrogen) atoms. The summed E-state index contributed by atoms with van der Waals surface area (Å²) in [6, 6.07) is 5.02. The summed E-state index contributed by atoms with van der Waals surface area (Å²) in [5, 5.41) is 3.53. The third-order valence-corrected chi connectivity index (χ3v) is 5.10. The van der Waals surface area contributed by atoms with Crippen molar-refractivity contribution in [3.05, 3.63) is 39.9 Å². The van der Waals surface area contributed by atoms with Crippen molar-refractivity contribution >= 4 is 39.9 Å². The fraction of sp³-hybridized carbons (Fsp3) is 0.200. The summed E-state index contributed by atoms with van der Waals surface area (Å²) in [5.74, 6) is -0.563. The fourth-order valence-corrected chi connectivity index (χ4v) is 4.30. The van der Waals surface area contributed by atoms with Crippen LogP contribution in [-0.4, -0.2) is 11.9 Å². The van der Waals surface area contributed by atoms with Crippen molar-refractivity contribution in [2.45, 2.75) is 19.3 Å². The molecule has 114 valence electrons. The van der Waals surface area contributed by atoms with Gasteiger partial charge in [-0.3, -0.25) is 10.1 Å². The summed E-state index contributed by atoms with van der Waals surface area (Å²) < 4.78 is 0. The molecular weight excluding hydrogens is 322 g/mol. The first-order chi connectivity index (χ1) is 10.5. The maximum absolute atomic E-state index is 11.8. The van der Waals surface area contributed by atoms with Crippen LogP contribution in [0.15, 0.2) is 18.2 Å². The maximum Gasteiger partial charge on any atom is 0.317 e. The smallest absolute Gasteiger partial charge is 0.317 e. The number of nitrogens with two attached hydrogens (primary N) is 2. The Kier molecular flexibility index (Phi) is 3.80. The molecule has 3 amide bonds. The fourth-order valence-electron chi connectivity index (χ4n) is 2.82. The lowest BCUT2D eigenvalue weighted by Gasteiger charge is -2.06. The van der Waals surface area contributed by atoms with E-state index in [2.05, 4.69) is 5.32 Å². The van der Waals surface area contributed by atoms with Crippen LogP contribution >= 0.6 is 22.9 Å². The predicted molar refractivity (Wildman–Crippen MR) is 88.5 cm³/mol. The van der Waals surface area contributed by atoms with Crippen molar-refractivity contribution in [3.63, 3.8) is 0 Å². The van der Waals surface area contributed by atoms with E-state index in [0.717, 1.165) is 35.3 Å². The zero-order chi connectivity index (χ0) is 15.9. The van der Waals surface area contributed by atoms with Gasteiger partial charge in [-0.1, -0.05) is 17.7 Å². The number of anilines is 1. The molecule has 1 heterocycles. The molecule has 0 radical (unpaired) electrons. The molecule has 5 nitrogen and oxygen atoms in total. The number of hydrogen-bond donors (Lipinski definition) is 3. The average Bonchev–Trinajstić information content (AvgIpc) is 2.69. The highest BCUT2D eigenvalue weighted by molar-refractivity contribution is 7.20. The summed E-state index contributed by atoms with van der Waals surface area (Å²) in [5.41, 5.74) is 14.1. The van der Waals surface area contributed by atoms with Crippen LogP contribution in [0.3, 0.4) is 0 Å². The number of amides is 3. The normalized spacial score (nSPS) is 13.0. The zero-order valence-corrected chi connectivity index (χ0v) is 13.2. The van der Waals surface area contributed by atoms with E-state index in [-0.39, 0.29) is 0 Å². The van der Waals surface area contributed by atoms with Gasteiger partial charge in [0.25, 0.3) is 5.91 Å². The molecule has 1 aliphatic rings. The number of hydrogen-bond acceptors (Lipinski definition) is 3. The number of halogens is 1. The van der Waals surface area contributed by atoms with Crippen LogP contribution in [0.5, 0.6) is 0 Å². The summed E-state index contributed by atoms with van der Waals surface area (Å²) in [4.78, 5) is 23.9. The van der Waals surface area contributed by atoms with Crippen LogP contribution in [0.2, 0.25) is 5.02 Å². The molecule has 0 spiro atoms. The van der Waals surface area contributed by atoms with Gasteiger partial charge in [0.05, 0.1) is 5.56 Å². The first-order valence-electron chi connectivity index (χ1n) is 6.78. The standard InChI is InChI=1S/C15H14ClN3O2S/c16-8-5-4-7-2-1-3-9-11(13(17)20)14(19-15(18)21)22-12(9)10(7)6-8/h4-6H,1-3H2,(H2,17,20)(H3,18,19,21). The van der Waals surface area contributed by atoms with Crippen LogP contribution in [0.1, 0.15) is 27.9 Å². The van der Waals surface area contributed by atoms with Gasteiger partial charge < -0.3 is 11.5 Å². The van der Waals surface area contributed by atoms with Gasteiger partial charge >= 0.3 is 6.03 Å². The Morgan fingerprint density at radius 3 is 2.68 bits per heavy atom. The van der Waals surface area contributed by atoms with Crippen LogP contribution in [0.25, 0.3) is 10.4 Å². The summed E-state index contributed by atoms with van der Waals surface area (Å²) in [6.45, 7) is 0. The number of urea groups is 1. The molecule has 1 aromatic carbocycles. The topological polar surface area (TPSA) is 98.2 Å². The van der Waals surface area contributed by atoms with Crippen molar-refractivity contribution in [2.24, 2.45) is 11.5 Å². The summed E-state index contributed by atoms with van der Waals surface area (Å²) >= 11 is 7.43. The van der Waals surface area contributed by atoms with Crippen molar-refractivity contribution in [1.29, 1.82) is 0 Å². The maximum atomic E-state index is 11.8. The molecule has 1 aliphatic carbocycles. The minimum Gasteiger partial charge on any atom is -0.365 e. The largest absolute Gasteiger partial charge is 0.365 e. The van der Waals surface area contributed by atoms with Crippen molar-refractivity contribution in [1.82, 2.24) is 0 Å². The second-order valence-corrected chi connectivity index (χ2v) is 6.58. The minimum absolute atomic E-state index is 0.353. The molecule has 7 heteroatoms. The number of nitrogens with one attached hydrogen (secondary N) is 1. The number of rotatable bonds is 2. The van der Waals surface area contributed by atoms with Gasteiger partial charge in [-0.25, -0.2) is 4.79 Å². The second-order valence-electron chi connectivity index (χ2n) is 5.12. The Bertz CT molecular complexity index is 785. The quantitative estimate of drug-likeness (QED) is 0.785. The third kappa shape index (κ3) is 2.55. The molecule has 0 bridgehead atoms. The molecule has 0 fully saturated rings. The van der Waals surface area contributed by atoms with E-state index in [4.69, 9.17) is 23.1 Å². The number of primary amides is 2. The van der Waals surface area contributed by atoms with E-state index >= 15 is 0 Å². The van der Waals surface area contributed by atoms with Crippen LogP contribution in [-0.2, 0) is 12.8 Å². The monoisotopic (exact) mass is 335 g/mol. The van der Waals surface area contributed by atoms with E-state index in [9.17, 15) is 9.59 Å². The third-order valence-electron chi connectivity index (χ3n) is 3.68. The molecular formula is C15H14ClN3O2S. The summed E-state index contributed by atoms with van der Waals surface area (Å²) in [6.07, 6.45) is 2.52. The molecule has 0 saturated heterocycles. The highest BCUT2D eigenvalue weighted by Crippen LogP contribution is 2.44. The van der Waals surface area contributed by atoms with E-state index in [1.807, 2.05) is 18.2 Å². The zero-order valence-electron chi connectivity index (χ0n) is 11.6. The number of aryl methyl sites for hydroxylation is 1. The van der Waals surface area contributed by atoms with Crippen LogP contribution < -0.4 is 16.8 Å². The lowest BCUT2D eigenvalue weighted by molar-refractivity contribution is 0.100. The number of carbonyl (C=O) groups is 2. The highest BCUT2D eigenvalue weighted by atomic mass is 35.5. The van der Waals surface area contributed by atoms with Gasteiger partial charge in [-0.05, 0) is 48.1 Å². The lowest BCUT2D eigenvalue weighted by Crippen LogP contribution is -2.22. The van der Waals surface area contributed by atoms with E-state index in [1.165, 1.54) is 16.9 Å². The molecule has 5 N–H and O–H groups in total. The minimum atomic E-state index is -0.717. The van der Waals surface area contributed by atoms with E-state index in [1.54, 1.807) is 0 Å². The van der Waals surface area contributed by atoms with Gasteiger partial charge in [0, 0.05) is 9.90 Å². The van der Waals surface area contributed by atoms with Crippen molar-refractivity contribution in [3.8, 4) is 10.4 Å². The molecule has 0 unspecified atom stereocenters. The predicted octanol–water partition coefficient (Wildman–Crippen LogP) is 3.15. The molecule has 0 atom stereocenters. The van der Waals surface area contributed by atoms with Gasteiger partial charge in [0.1, 0.15) is 5.00 Å². The number of thiophene rings is 1. The number of benzene rings is 1. The van der Waals surface area contributed by atoms with E-state index < -0.39 is 11.9 Å². The van der Waals surface area contributed by atoms with Gasteiger partial charge in [0.15, 0.2) is 0 Å². The Hall–Kier alpha value is -2.05.